The number of nitrogens with one attached hydrogen (secondary N) is 1. The fourth-order valence-corrected chi connectivity index (χ4v) is 3.15. The van der Waals surface area contributed by atoms with E-state index in [1.54, 1.807) is 6.07 Å². The van der Waals surface area contributed by atoms with Gasteiger partial charge in [0.05, 0.1) is 12.2 Å². The SMILES string of the molecule is Cc1ccc(=O)n(CC2CN(C(=O)c3ccc4[nH]ccc4c3)C2)n1. The Labute approximate surface area is 138 Å². The lowest BCUT2D eigenvalue weighted by Gasteiger charge is -2.39. The summed E-state index contributed by atoms with van der Waals surface area (Å²) in [5, 5.41) is 5.28. The average Bonchev–Trinajstić information content (AvgIpc) is 3.00. The second-order valence-corrected chi connectivity index (χ2v) is 6.35. The highest BCUT2D eigenvalue weighted by Crippen LogP contribution is 2.22. The largest absolute Gasteiger partial charge is 0.361 e. The average molecular weight is 322 g/mol. The number of carbonyl (C=O) groups excluding carboxylic acids is 1. The van der Waals surface area contributed by atoms with Crippen molar-refractivity contribution in [3.05, 3.63) is 64.2 Å². The second kappa shape index (κ2) is 5.63. The molecule has 3 heterocycles. The molecule has 1 aromatic carbocycles. The molecule has 6 nitrogen and oxygen atoms in total. The first-order valence-corrected chi connectivity index (χ1v) is 8.01. The molecule has 1 amide bonds. The van der Waals surface area contributed by atoms with E-state index in [4.69, 9.17) is 0 Å². The third-order valence-corrected chi connectivity index (χ3v) is 4.48. The number of H-pyrrole nitrogens is 1. The van der Waals surface area contributed by atoms with Crippen molar-refractivity contribution in [2.24, 2.45) is 5.92 Å². The molecule has 1 saturated heterocycles. The molecule has 122 valence electrons. The van der Waals surface area contributed by atoms with Gasteiger partial charge in [0.15, 0.2) is 0 Å². The van der Waals surface area contributed by atoms with Gasteiger partial charge in [-0.05, 0) is 37.3 Å². The molecule has 0 aliphatic carbocycles. The van der Waals surface area contributed by atoms with Gasteiger partial charge in [-0.1, -0.05) is 0 Å². The van der Waals surface area contributed by atoms with Crippen LogP contribution in [0.15, 0.2) is 47.4 Å². The number of aryl methyl sites for hydroxylation is 1. The van der Waals surface area contributed by atoms with Crippen LogP contribution in [0.4, 0.5) is 0 Å². The summed E-state index contributed by atoms with van der Waals surface area (Å²) in [5.41, 5.74) is 2.45. The number of amides is 1. The zero-order chi connectivity index (χ0) is 16.7. The minimum Gasteiger partial charge on any atom is -0.361 e. The van der Waals surface area contributed by atoms with E-state index < -0.39 is 0 Å². The van der Waals surface area contributed by atoms with Crippen LogP contribution in [-0.4, -0.2) is 38.7 Å². The maximum atomic E-state index is 12.5. The Morgan fingerprint density at radius 2 is 2.08 bits per heavy atom. The van der Waals surface area contributed by atoms with Crippen molar-refractivity contribution >= 4 is 16.8 Å². The number of hydrogen-bond donors (Lipinski definition) is 1. The van der Waals surface area contributed by atoms with Crippen molar-refractivity contribution in [2.75, 3.05) is 13.1 Å². The van der Waals surface area contributed by atoms with Crippen LogP contribution >= 0.6 is 0 Å². The predicted molar refractivity (Wildman–Crippen MR) is 90.9 cm³/mol. The summed E-state index contributed by atoms with van der Waals surface area (Å²) >= 11 is 0. The maximum Gasteiger partial charge on any atom is 0.266 e. The molecule has 0 atom stereocenters. The van der Waals surface area contributed by atoms with E-state index in [-0.39, 0.29) is 17.4 Å². The molecule has 0 radical (unpaired) electrons. The van der Waals surface area contributed by atoms with E-state index >= 15 is 0 Å². The number of nitrogens with zero attached hydrogens (tertiary/aromatic N) is 3. The van der Waals surface area contributed by atoms with E-state index in [1.165, 1.54) is 10.7 Å². The Morgan fingerprint density at radius 3 is 2.92 bits per heavy atom. The van der Waals surface area contributed by atoms with E-state index in [2.05, 4.69) is 10.1 Å². The van der Waals surface area contributed by atoms with Crippen molar-refractivity contribution in [2.45, 2.75) is 13.5 Å². The van der Waals surface area contributed by atoms with Gasteiger partial charge in [-0.3, -0.25) is 9.59 Å². The third kappa shape index (κ3) is 2.60. The Hall–Kier alpha value is -2.89. The molecule has 24 heavy (non-hydrogen) atoms. The molecule has 6 heteroatoms. The van der Waals surface area contributed by atoms with Crippen molar-refractivity contribution in [1.29, 1.82) is 0 Å². The maximum absolute atomic E-state index is 12.5. The van der Waals surface area contributed by atoms with Crippen LogP contribution in [0, 0.1) is 12.8 Å². The van der Waals surface area contributed by atoms with Crippen LogP contribution in [0.2, 0.25) is 0 Å². The van der Waals surface area contributed by atoms with Crippen LogP contribution in [0.25, 0.3) is 10.9 Å². The summed E-state index contributed by atoms with van der Waals surface area (Å²) in [5.74, 6) is 0.316. The molecule has 0 saturated carbocycles. The topological polar surface area (TPSA) is 71.0 Å². The Kier molecular flexibility index (Phi) is 3.45. The first-order chi connectivity index (χ1) is 11.6. The van der Waals surface area contributed by atoms with E-state index in [0.717, 1.165) is 16.6 Å². The Balaban J connectivity index is 1.42. The molecule has 1 N–H and O–H groups in total. The summed E-state index contributed by atoms with van der Waals surface area (Å²) in [6.07, 6.45) is 1.87. The number of aromatic amines is 1. The summed E-state index contributed by atoms with van der Waals surface area (Å²) < 4.78 is 1.49. The molecule has 2 aromatic heterocycles. The Bertz CT molecular complexity index is 966. The van der Waals surface area contributed by atoms with Crippen molar-refractivity contribution in [1.82, 2.24) is 19.7 Å². The Morgan fingerprint density at radius 1 is 1.25 bits per heavy atom. The number of carbonyl (C=O) groups is 1. The summed E-state index contributed by atoms with van der Waals surface area (Å²) in [7, 11) is 0. The lowest BCUT2D eigenvalue weighted by Crippen LogP contribution is -2.52. The van der Waals surface area contributed by atoms with Gasteiger partial charge < -0.3 is 9.88 Å². The number of rotatable bonds is 3. The normalized spacial score (nSPS) is 14.8. The van der Waals surface area contributed by atoms with Gasteiger partial charge in [-0.25, -0.2) is 4.68 Å². The van der Waals surface area contributed by atoms with E-state index in [9.17, 15) is 9.59 Å². The highest BCUT2D eigenvalue weighted by atomic mass is 16.2. The molecular weight excluding hydrogens is 304 g/mol. The van der Waals surface area contributed by atoms with Crippen LogP contribution in [0.3, 0.4) is 0 Å². The zero-order valence-corrected chi connectivity index (χ0v) is 13.4. The molecule has 0 bridgehead atoms. The van der Waals surface area contributed by atoms with Crippen molar-refractivity contribution < 1.29 is 4.79 Å². The van der Waals surface area contributed by atoms with Crippen molar-refractivity contribution in [3.8, 4) is 0 Å². The molecule has 1 aliphatic heterocycles. The summed E-state index contributed by atoms with van der Waals surface area (Å²) in [6, 6.07) is 10.9. The molecule has 0 spiro atoms. The predicted octanol–water partition coefficient (Wildman–Crippen LogP) is 1.81. The standard InChI is InChI=1S/C18H18N4O2/c1-12-2-5-17(23)22(20-12)11-13-9-21(10-13)18(24)15-3-4-16-14(8-15)6-7-19-16/h2-8,13,19H,9-11H2,1H3. The minimum atomic E-state index is -0.0942. The number of fused-ring (bicyclic) bond motifs is 1. The molecule has 3 aromatic rings. The number of benzene rings is 1. The molecule has 1 fully saturated rings. The number of hydrogen-bond acceptors (Lipinski definition) is 3. The molecule has 1 aliphatic rings. The lowest BCUT2D eigenvalue weighted by molar-refractivity contribution is 0.0458. The first-order valence-electron chi connectivity index (χ1n) is 8.01. The van der Waals surface area contributed by atoms with Crippen molar-refractivity contribution in [3.63, 3.8) is 0 Å². The zero-order valence-electron chi connectivity index (χ0n) is 13.4. The van der Waals surface area contributed by atoms with Gasteiger partial charge in [0.2, 0.25) is 0 Å². The van der Waals surface area contributed by atoms with Crippen LogP contribution in [0.5, 0.6) is 0 Å². The van der Waals surface area contributed by atoms with Gasteiger partial charge in [0.25, 0.3) is 11.5 Å². The molecule has 4 rings (SSSR count). The summed E-state index contributed by atoms with van der Waals surface area (Å²) in [6.45, 7) is 3.74. The van der Waals surface area contributed by atoms with Gasteiger partial charge >= 0.3 is 0 Å². The fourth-order valence-electron chi connectivity index (χ4n) is 3.15. The monoisotopic (exact) mass is 322 g/mol. The number of likely N-dealkylation sites (tertiary alicyclic amines) is 1. The second-order valence-electron chi connectivity index (χ2n) is 6.35. The van der Waals surface area contributed by atoms with E-state index in [1.807, 2.05) is 42.3 Å². The molecular formula is C18H18N4O2. The van der Waals surface area contributed by atoms with Gasteiger partial charge in [-0.15, -0.1) is 0 Å². The molecule has 0 unspecified atom stereocenters. The third-order valence-electron chi connectivity index (χ3n) is 4.48. The van der Waals surface area contributed by atoms with Gasteiger partial charge in [0, 0.05) is 47.7 Å². The quantitative estimate of drug-likeness (QED) is 0.799. The highest BCUT2D eigenvalue weighted by molar-refractivity contribution is 5.98. The number of aromatic nitrogens is 3. The minimum absolute atomic E-state index is 0.0406. The van der Waals surface area contributed by atoms with Crippen LogP contribution in [0.1, 0.15) is 16.1 Å². The van der Waals surface area contributed by atoms with E-state index in [0.29, 0.717) is 25.2 Å². The smallest absolute Gasteiger partial charge is 0.266 e. The lowest BCUT2D eigenvalue weighted by atomic mass is 9.98. The fraction of sp³-hybridized carbons (Fsp3) is 0.278. The summed E-state index contributed by atoms with van der Waals surface area (Å²) in [4.78, 5) is 29.3. The van der Waals surface area contributed by atoms with Gasteiger partial charge in [0.1, 0.15) is 0 Å². The van der Waals surface area contributed by atoms with Gasteiger partial charge in [-0.2, -0.15) is 5.10 Å². The first kappa shape index (κ1) is 14.7. The van der Waals surface area contributed by atoms with Crippen LogP contribution < -0.4 is 5.56 Å². The highest BCUT2D eigenvalue weighted by Gasteiger charge is 2.31. The van der Waals surface area contributed by atoms with Crippen LogP contribution in [-0.2, 0) is 6.54 Å².